The summed E-state index contributed by atoms with van der Waals surface area (Å²) in [5, 5.41) is 2.21. The van der Waals surface area contributed by atoms with Gasteiger partial charge in [0.1, 0.15) is 5.57 Å². The lowest BCUT2D eigenvalue weighted by Crippen LogP contribution is -2.53. The molecule has 4 amide bonds. The molecule has 134 valence electrons. The molecule has 7 heteroatoms. The second-order valence-corrected chi connectivity index (χ2v) is 6.92. The van der Waals surface area contributed by atoms with Gasteiger partial charge in [0.25, 0.3) is 11.8 Å². The van der Waals surface area contributed by atoms with E-state index >= 15 is 0 Å². The summed E-state index contributed by atoms with van der Waals surface area (Å²) in [5.41, 5.74) is 3.58. The summed E-state index contributed by atoms with van der Waals surface area (Å²) < 4.78 is 3.03. The molecule has 6 nitrogen and oxygen atoms in total. The molecular weight excluding hydrogens is 398 g/mol. The minimum atomic E-state index is -0.681. The van der Waals surface area contributed by atoms with Crippen LogP contribution in [0.4, 0.5) is 4.79 Å². The Hall–Kier alpha value is -2.67. The number of nitrogens with one attached hydrogen (secondary N) is 1. The third kappa shape index (κ3) is 3.10. The van der Waals surface area contributed by atoms with E-state index in [-0.39, 0.29) is 12.1 Å². The van der Waals surface area contributed by atoms with Gasteiger partial charge in [-0.15, -0.1) is 0 Å². The molecule has 26 heavy (non-hydrogen) atoms. The number of halogens is 1. The largest absolute Gasteiger partial charge is 0.331 e. The van der Waals surface area contributed by atoms with Gasteiger partial charge in [-0.2, -0.15) is 0 Å². The summed E-state index contributed by atoms with van der Waals surface area (Å²) in [4.78, 5) is 37.3. The maximum absolute atomic E-state index is 12.5. The first kappa shape index (κ1) is 18.1. The van der Waals surface area contributed by atoms with Crippen LogP contribution in [-0.2, 0) is 9.59 Å². The lowest BCUT2D eigenvalue weighted by molar-refractivity contribution is -0.129. The van der Waals surface area contributed by atoms with Crippen molar-refractivity contribution < 1.29 is 14.4 Å². The number of urea groups is 1. The summed E-state index contributed by atoms with van der Waals surface area (Å²) in [5.74, 6) is -1.24. The molecule has 1 aromatic carbocycles. The number of likely N-dealkylation sites (N-methyl/N-ethyl adjacent to an activating group) is 1. The zero-order valence-electron chi connectivity index (χ0n) is 14.7. The molecule has 0 aliphatic carbocycles. The molecule has 0 bridgehead atoms. The van der Waals surface area contributed by atoms with Crippen molar-refractivity contribution in [2.75, 3.05) is 6.54 Å². The number of aryl methyl sites for hydroxylation is 1. The summed E-state index contributed by atoms with van der Waals surface area (Å²) in [7, 11) is 0. The first-order valence-corrected chi connectivity index (χ1v) is 8.96. The van der Waals surface area contributed by atoms with E-state index in [1.54, 1.807) is 13.0 Å². The van der Waals surface area contributed by atoms with E-state index in [1.807, 2.05) is 48.7 Å². The van der Waals surface area contributed by atoms with Gasteiger partial charge in [-0.05, 0) is 62.7 Å². The van der Waals surface area contributed by atoms with Crippen LogP contribution >= 0.6 is 15.9 Å². The second-order valence-electron chi connectivity index (χ2n) is 6.00. The number of carbonyl (C=O) groups is 3. The number of hydrogen-bond donors (Lipinski definition) is 1. The highest BCUT2D eigenvalue weighted by atomic mass is 79.9. The Kier molecular flexibility index (Phi) is 4.82. The Bertz CT molecular complexity index is 942. The first-order chi connectivity index (χ1) is 12.3. The third-order valence-corrected chi connectivity index (χ3v) is 4.89. The molecule has 0 spiro atoms. The molecule has 1 aliphatic rings. The maximum Gasteiger partial charge on any atom is 0.331 e. The Balaban J connectivity index is 2.05. The van der Waals surface area contributed by atoms with Crippen molar-refractivity contribution in [1.29, 1.82) is 0 Å². The van der Waals surface area contributed by atoms with Crippen LogP contribution in [0.3, 0.4) is 0 Å². The molecule has 0 radical (unpaired) electrons. The molecule has 1 saturated heterocycles. The van der Waals surface area contributed by atoms with Gasteiger partial charge in [-0.3, -0.25) is 19.8 Å². The molecule has 1 fully saturated rings. The Morgan fingerprint density at radius 3 is 2.38 bits per heavy atom. The van der Waals surface area contributed by atoms with Gasteiger partial charge >= 0.3 is 6.03 Å². The molecule has 2 heterocycles. The summed E-state index contributed by atoms with van der Waals surface area (Å²) in [6.45, 7) is 5.77. The second kappa shape index (κ2) is 6.92. The lowest BCUT2D eigenvalue weighted by Gasteiger charge is -2.24. The maximum atomic E-state index is 12.5. The van der Waals surface area contributed by atoms with Gasteiger partial charge in [0.05, 0.1) is 0 Å². The van der Waals surface area contributed by atoms with E-state index in [1.165, 1.54) is 0 Å². The number of hydrogen-bond acceptors (Lipinski definition) is 3. The summed E-state index contributed by atoms with van der Waals surface area (Å²) in [6, 6.07) is 9.11. The molecular formula is C19H18BrN3O3. The van der Waals surface area contributed by atoms with Crippen LogP contribution in [0.1, 0.15) is 23.9 Å². The Morgan fingerprint density at radius 1 is 1.12 bits per heavy atom. The quantitative estimate of drug-likeness (QED) is 0.617. The van der Waals surface area contributed by atoms with E-state index in [4.69, 9.17) is 0 Å². The number of nitrogens with zero attached hydrogens (tertiary/aromatic N) is 2. The number of barbiturate groups is 1. The highest BCUT2D eigenvalue weighted by Crippen LogP contribution is 2.25. The van der Waals surface area contributed by atoms with Crippen LogP contribution in [-0.4, -0.2) is 33.9 Å². The predicted molar refractivity (Wildman–Crippen MR) is 102 cm³/mol. The lowest BCUT2D eigenvalue weighted by atomic mass is 10.1. The number of imide groups is 2. The minimum absolute atomic E-state index is 0.0393. The van der Waals surface area contributed by atoms with Crippen molar-refractivity contribution in [3.63, 3.8) is 0 Å². The zero-order valence-corrected chi connectivity index (χ0v) is 16.3. The predicted octanol–water partition coefficient (Wildman–Crippen LogP) is 3.34. The number of amides is 4. The van der Waals surface area contributed by atoms with E-state index in [9.17, 15) is 14.4 Å². The van der Waals surface area contributed by atoms with Crippen LogP contribution in [0.2, 0.25) is 0 Å². The number of carbonyl (C=O) groups excluding carboxylic acids is 3. The molecule has 0 unspecified atom stereocenters. The van der Waals surface area contributed by atoms with Gasteiger partial charge in [0.2, 0.25) is 0 Å². The van der Waals surface area contributed by atoms with E-state index in [2.05, 4.69) is 21.2 Å². The fraction of sp³-hybridized carbons (Fsp3) is 0.211. The van der Waals surface area contributed by atoms with E-state index < -0.39 is 17.8 Å². The molecule has 1 aliphatic heterocycles. The van der Waals surface area contributed by atoms with Crippen molar-refractivity contribution >= 4 is 39.9 Å². The highest BCUT2D eigenvalue weighted by molar-refractivity contribution is 9.10. The molecule has 2 aromatic rings. The minimum Gasteiger partial charge on any atom is -0.318 e. The van der Waals surface area contributed by atoms with Gasteiger partial charge in [0.15, 0.2) is 0 Å². The van der Waals surface area contributed by atoms with Gasteiger partial charge in [-0.25, -0.2) is 4.79 Å². The molecule has 3 rings (SSSR count). The molecule has 1 aromatic heterocycles. The number of rotatable bonds is 3. The average molecular weight is 416 g/mol. The summed E-state index contributed by atoms with van der Waals surface area (Å²) >= 11 is 3.42. The van der Waals surface area contributed by atoms with Gasteiger partial charge in [-0.1, -0.05) is 15.9 Å². The molecule has 1 N–H and O–H groups in total. The van der Waals surface area contributed by atoms with Crippen molar-refractivity contribution in [2.45, 2.75) is 20.8 Å². The fourth-order valence-corrected chi connectivity index (χ4v) is 3.32. The first-order valence-electron chi connectivity index (χ1n) is 8.17. The fourth-order valence-electron chi connectivity index (χ4n) is 3.06. The Morgan fingerprint density at radius 2 is 1.77 bits per heavy atom. The van der Waals surface area contributed by atoms with Crippen LogP contribution < -0.4 is 5.32 Å². The third-order valence-electron chi connectivity index (χ3n) is 4.36. The number of aromatic nitrogens is 1. The monoisotopic (exact) mass is 415 g/mol. The van der Waals surface area contributed by atoms with Crippen molar-refractivity contribution in [3.8, 4) is 5.69 Å². The average Bonchev–Trinajstić information content (AvgIpc) is 2.86. The van der Waals surface area contributed by atoms with Crippen LogP contribution in [0.5, 0.6) is 0 Å². The molecule has 0 saturated carbocycles. The van der Waals surface area contributed by atoms with Crippen LogP contribution in [0, 0.1) is 13.8 Å². The standard InChI is InChI=1S/C19H18BrN3O3/c1-4-22-18(25)16(17(24)21-19(22)26)10-13-9-11(2)23(12(13)3)15-7-5-14(20)6-8-15/h5-10H,4H2,1-3H3,(H,21,24,26)/b16-10+. The SMILES string of the molecule is CCN1C(=O)NC(=O)/C(=C\c2cc(C)n(-c3ccc(Br)cc3)c2C)C1=O. The van der Waals surface area contributed by atoms with E-state index in [0.29, 0.717) is 0 Å². The molecule has 0 atom stereocenters. The van der Waals surface area contributed by atoms with Gasteiger partial charge < -0.3 is 4.57 Å². The van der Waals surface area contributed by atoms with Crippen LogP contribution in [0.25, 0.3) is 11.8 Å². The van der Waals surface area contributed by atoms with Crippen LogP contribution in [0.15, 0.2) is 40.4 Å². The Labute approximate surface area is 159 Å². The summed E-state index contributed by atoms with van der Waals surface area (Å²) in [6.07, 6.45) is 1.55. The van der Waals surface area contributed by atoms with Crippen molar-refractivity contribution in [1.82, 2.24) is 14.8 Å². The zero-order chi connectivity index (χ0) is 19.0. The topological polar surface area (TPSA) is 71.4 Å². The highest BCUT2D eigenvalue weighted by Gasteiger charge is 2.34. The number of benzene rings is 1. The smallest absolute Gasteiger partial charge is 0.318 e. The van der Waals surface area contributed by atoms with Crippen molar-refractivity contribution in [3.05, 3.63) is 57.3 Å². The van der Waals surface area contributed by atoms with Gasteiger partial charge in [0, 0.05) is 28.1 Å². The normalized spacial score (nSPS) is 16.4. The van der Waals surface area contributed by atoms with Crippen molar-refractivity contribution in [2.24, 2.45) is 0 Å². The van der Waals surface area contributed by atoms with E-state index in [0.717, 1.165) is 32.0 Å².